The van der Waals surface area contributed by atoms with Gasteiger partial charge in [0.25, 0.3) is 0 Å². The molecule has 5 heteroatoms. The summed E-state index contributed by atoms with van der Waals surface area (Å²) >= 11 is 0. The third-order valence-electron chi connectivity index (χ3n) is 5.93. The zero-order valence-corrected chi connectivity index (χ0v) is 14.2. The number of hydrogen-bond donors (Lipinski definition) is 0. The maximum atomic E-state index is 13.2. The van der Waals surface area contributed by atoms with E-state index < -0.39 is 5.41 Å². The zero-order chi connectivity index (χ0) is 16.7. The third-order valence-corrected chi connectivity index (χ3v) is 5.93. The van der Waals surface area contributed by atoms with Crippen LogP contribution in [0.3, 0.4) is 0 Å². The van der Waals surface area contributed by atoms with Gasteiger partial charge in [0.1, 0.15) is 5.82 Å². The Morgan fingerprint density at radius 3 is 2.46 bits per heavy atom. The van der Waals surface area contributed by atoms with Crippen LogP contribution in [0.1, 0.15) is 25.3 Å². The molecule has 1 aromatic rings. The molecule has 3 fully saturated rings. The van der Waals surface area contributed by atoms with Gasteiger partial charge in [0.15, 0.2) is 0 Å². The van der Waals surface area contributed by atoms with Crippen LogP contribution in [-0.2, 0) is 14.9 Å². The van der Waals surface area contributed by atoms with Crippen LogP contribution in [0, 0.1) is 11.7 Å². The van der Waals surface area contributed by atoms with Gasteiger partial charge in [0.05, 0.1) is 18.6 Å². The number of carbonyl (C=O) groups excluding carboxylic acids is 1. The van der Waals surface area contributed by atoms with Crippen LogP contribution in [0.5, 0.6) is 0 Å². The fraction of sp³-hybridized carbons (Fsp3) is 0.632. The van der Waals surface area contributed by atoms with Crippen molar-refractivity contribution in [3.63, 3.8) is 0 Å². The van der Waals surface area contributed by atoms with E-state index in [2.05, 4.69) is 11.8 Å². The van der Waals surface area contributed by atoms with Gasteiger partial charge in [0.2, 0.25) is 5.91 Å². The standard InChI is InChI=1S/C19H25FN2O2/c1-14-12-22(13-17(14)21-8-10-24-11-9-21)18(23)19(6-7-19)15-2-4-16(20)5-3-15/h2-5,14,17H,6-13H2,1H3/t14-,17-/m0/s1. The Kier molecular flexibility index (Phi) is 4.09. The molecule has 4 nitrogen and oxygen atoms in total. The highest BCUT2D eigenvalue weighted by atomic mass is 19.1. The molecule has 2 aliphatic heterocycles. The first-order valence-electron chi connectivity index (χ1n) is 8.97. The fourth-order valence-electron chi connectivity index (χ4n) is 4.32. The molecule has 2 heterocycles. The quantitative estimate of drug-likeness (QED) is 0.849. The lowest BCUT2D eigenvalue weighted by molar-refractivity contribution is -0.133. The van der Waals surface area contributed by atoms with E-state index in [0.29, 0.717) is 12.0 Å². The van der Waals surface area contributed by atoms with Crippen LogP contribution >= 0.6 is 0 Å². The Morgan fingerprint density at radius 2 is 1.83 bits per heavy atom. The van der Waals surface area contributed by atoms with Gasteiger partial charge < -0.3 is 9.64 Å². The molecule has 0 unspecified atom stereocenters. The van der Waals surface area contributed by atoms with Gasteiger partial charge in [-0.05, 0) is 36.5 Å². The van der Waals surface area contributed by atoms with Crippen molar-refractivity contribution in [3.05, 3.63) is 35.6 Å². The highest BCUT2D eigenvalue weighted by Gasteiger charge is 2.54. The van der Waals surface area contributed by atoms with E-state index >= 15 is 0 Å². The first-order chi connectivity index (χ1) is 11.6. The molecule has 1 aromatic carbocycles. The number of morpholine rings is 1. The van der Waals surface area contributed by atoms with Crippen molar-refractivity contribution in [1.82, 2.24) is 9.80 Å². The number of halogens is 1. The predicted octanol–water partition coefficient (Wildman–Crippen LogP) is 2.04. The molecular weight excluding hydrogens is 307 g/mol. The number of carbonyl (C=O) groups is 1. The van der Waals surface area contributed by atoms with Gasteiger partial charge >= 0.3 is 0 Å². The van der Waals surface area contributed by atoms with Gasteiger partial charge in [-0.1, -0.05) is 19.1 Å². The maximum absolute atomic E-state index is 13.2. The van der Waals surface area contributed by atoms with Gasteiger partial charge in [-0.15, -0.1) is 0 Å². The second kappa shape index (κ2) is 6.12. The third kappa shape index (κ3) is 2.74. The largest absolute Gasteiger partial charge is 0.379 e. The SMILES string of the molecule is C[C@H]1CN(C(=O)C2(c3ccc(F)cc3)CC2)C[C@@H]1N1CCOCC1. The summed E-state index contributed by atoms with van der Waals surface area (Å²) in [5.41, 5.74) is 0.573. The van der Waals surface area contributed by atoms with E-state index in [0.717, 1.165) is 57.8 Å². The molecule has 0 radical (unpaired) electrons. The number of hydrogen-bond acceptors (Lipinski definition) is 3. The van der Waals surface area contributed by atoms with E-state index in [1.807, 2.05) is 4.90 Å². The first-order valence-corrected chi connectivity index (χ1v) is 8.97. The summed E-state index contributed by atoms with van der Waals surface area (Å²) in [6.07, 6.45) is 1.76. The van der Waals surface area contributed by atoms with E-state index in [9.17, 15) is 9.18 Å². The Balaban J connectivity index is 1.48. The smallest absolute Gasteiger partial charge is 0.233 e. The van der Waals surface area contributed by atoms with Gasteiger partial charge in [0, 0.05) is 32.2 Å². The summed E-state index contributed by atoms with van der Waals surface area (Å²) in [5, 5.41) is 0. The molecule has 0 spiro atoms. The monoisotopic (exact) mass is 332 g/mol. The summed E-state index contributed by atoms with van der Waals surface area (Å²) in [7, 11) is 0. The highest BCUT2D eigenvalue weighted by Crippen LogP contribution is 2.50. The van der Waals surface area contributed by atoms with Crippen LogP contribution in [0.25, 0.3) is 0 Å². The molecule has 3 aliphatic rings. The number of amides is 1. The van der Waals surface area contributed by atoms with Crippen LogP contribution < -0.4 is 0 Å². The zero-order valence-electron chi connectivity index (χ0n) is 14.2. The molecule has 130 valence electrons. The molecule has 1 amide bonds. The first kappa shape index (κ1) is 16.0. The van der Waals surface area contributed by atoms with Crippen molar-refractivity contribution in [1.29, 1.82) is 0 Å². The average Bonchev–Trinajstić information content (AvgIpc) is 3.32. The summed E-state index contributed by atoms with van der Waals surface area (Å²) < 4.78 is 18.6. The topological polar surface area (TPSA) is 32.8 Å². The second-order valence-corrected chi connectivity index (χ2v) is 7.49. The molecule has 0 N–H and O–H groups in total. The van der Waals surface area contributed by atoms with Crippen LogP contribution in [0.2, 0.25) is 0 Å². The Morgan fingerprint density at radius 1 is 1.17 bits per heavy atom. The highest BCUT2D eigenvalue weighted by molar-refractivity contribution is 5.91. The van der Waals surface area contributed by atoms with Gasteiger partial charge in [-0.25, -0.2) is 4.39 Å². The normalized spacial score (nSPS) is 29.7. The van der Waals surface area contributed by atoms with Crippen molar-refractivity contribution in [2.75, 3.05) is 39.4 Å². The molecule has 0 aromatic heterocycles. The minimum atomic E-state index is -0.396. The van der Waals surface area contributed by atoms with Crippen molar-refractivity contribution in [3.8, 4) is 0 Å². The van der Waals surface area contributed by atoms with Gasteiger partial charge in [-0.2, -0.15) is 0 Å². The van der Waals surface area contributed by atoms with Crippen LogP contribution in [0.4, 0.5) is 4.39 Å². The predicted molar refractivity (Wildman–Crippen MR) is 89.2 cm³/mol. The summed E-state index contributed by atoms with van der Waals surface area (Å²) in [6.45, 7) is 7.37. The summed E-state index contributed by atoms with van der Waals surface area (Å²) in [5.74, 6) is 0.469. The number of benzene rings is 1. The Labute approximate surface area is 142 Å². The minimum absolute atomic E-state index is 0.233. The lowest BCUT2D eigenvalue weighted by Gasteiger charge is -2.34. The number of likely N-dealkylation sites (tertiary alicyclic amines) is 1. The number of nitrogens with zero attached hydrogens (tertiary/aromatic N) is 2. The minimum Gasteiger partial charge on any atom is -0.379 e. The molecule has 4 rings (SSSR count). The van der Waals surface area contributed by atoms with Crippen molar-refractivity contribution in [2.24, 2.45) is 5.92 Å². The van der Waals surface area contributed by atoms with Crippen molar-refractivity contribution < 1.29 is 13.9 Å². The number of ether oxygens (including phenoxy) is 1. The van der Waals surface area contributed by atoms with Crippen molar-refractivity contribution in [2.45, 2.75) is 31.2 Å². The molecule has 2 atom stereocenters. The molecule has 1 saturated carbocycles. The van der Waals surface area contributed by atoms with Gasteiger partial charge in [-0.3, -0.25) is 9.69 Å². The fourth-order valence-corrected chi connectivity index (χ4v) is 4.32. The van der Waals surface area contributed by atoms with E-state index in [1.54, 1.807) is 12.1 Å². The molecule has 1 aliphatic carbocycles. The van der Waals surface area contributed by atoms with E-state index in [-0.39, 0.29) is 11.7 Å². The second-order valence-electron chi connectivity index (χ2n) is 7.49. The molecule has 0 bridgehead atoms. The number of rotatable bonds is 3. The van der Waals surface area contributed by atoms with Crippen molar-refractivity contribution >= 4 is 5.91 Å². The lowest BCUT2D eigenvalue weighted by Crippen LogP contribution is -2.47. The van der Waals surface area contributed by atoms with E-state index in [4.69, 9.17) is 4.74 Å². The van der Waals surface area contributed by atoms with Crippen LogP contribution in [-0.4, -0.2) is 61.1 Å². The maximum Gasteiger partial charge on any atom is 0.233 e. The summed E-state index contributed by atoms with van der Waals surface area (Å²) in [6, 6.07) is 6.91. The molecule has 2 saturated heterocycles. The average molecular weight is 332 g/mol. The molecular formula is C19H25FN2O2. The lowest BCUT2D eigenvalue weighted by atomic mass is 9.94. The summed E-state index contributed by atoms with van der Waals surface area (Å²) in [4.78, 5) is 17.7. The Bertz CT molecular complexity index is 608. The van der Waals surface area contributed by atoms with Crippen LogP contribution in [0.15, 0.2) is 24.3 Å². The van der Waals surface area contributed by atoms with E-state index in [1.165, 1.54) is 12.1 Å². The molecule has 24 heavy (non-hydrogen) atoms. The Hall–Kier alpha value is -1.46.